The molecule has 0 saturated heterocycles. The lowest BCUT2D eigenvalue weighted by molar-refractivity contribution is 0.128. The van der Waals surface area contributed by atoms with Gasteiger partial charge in [0.15, 0.2) is 5.96 Å². The highest BCUT2D eigenvalue weighted by molar-refractivity contribution is 14.0. The minimum Gasteiger partial charge on any atom is -0.492 e. The molecule has 136 valence electrons. The summed E-state index contributed by atoms with van der Waals surface area (Å²) in [5, 5.41) is 4.01. The number of nitrogens with zero attached hydrogens (tertiary/aromatic N) is 2. The summed E-state index contributed by atoms with van der Waals surface area (Å²) in [6.45, 7) is 3.69. The molecular formula is C17H27ClIN3O2. The zero-order valence-corrected chi connectivity index (χ0v) is 17.4. The molecule has 0 spiro atoms. The van der Waals surface area contributed by atoms with E-state index in [0.717, 1.165) is 37.3 Å². The topological polar surface area (TPSA) is 46.1 Å². The first-order valence-corrected chi connectivity index (χ1v) is 8.44. The van der Waals surface area contributed by atoms with Crippen molar-refractivity contribution in [1.82, 2.24) is 10.2 Å². The fourth-order valence-electron chi connectivity index (χ4n) is 2.09. The summed E-state index contributed by atoms with van der Waals surface area (Å²) >= 11 is 5.85. The second kappa shape index (κ2) is 11.8. The van der Waals surface area contributed by atoms with Crippen molar-refractivity contribution in [3.63, 3.8) is 0 Å². The standard InChI is InChI=1S/C17H26ClN3O2.HI/c1-19-17(20-9-11-22-13-14-3-4-14)21(2)10-12-23-16-7-5-15(18)6-8-16;/h5-8,14H,3-4,9-13H2,1-2H3,(H,19,20);1H. The van der Waals surface area contributed by atoms with Crippen LogP contribution < -0.4 is 10.1 Å². The lowest BCUT2D eigenvalue weighted by Gasteiger charge is -2.22. The molecule has 1 N–H and O–H groups in total. The van der Waals surface area contributed by atoms with Crippen LogP contribution in [0, 0.1) is 5.92 Å². The number of ether oxygens (including phenoxy) is 2. The van der Waals surface area contributed by atoms with E-state index in [1.54, 1.807) is 7.05 Å². The van der Waals surface area contributed by atoms with Crippen LogP contribution in [-0.4, -0.2) is 57.9 Å². The highest BCUT2D eigenvalue weighted by atomic mass is 127. The molecule has 5 nitrogen and oxygen atoms in total. The van der Waals surface area contributed by atoms with Gasteiger partial charge in [-0.3, -0.25) is 4.99 Å². The second-order valence-corrected chi connectivity index (χ2v) is 6.15. The van der Waals surface area contributed by atoms with Gasteiger partial charge < -0.3 is 19.7 Å². The maximum atomic E-state index is 5.85. The molecule has 1 aromatic rings. The summed E-state index contributed by atoms with van der Waals surface area (Å²) in [4.78, 5) is 6.31. The van der Waals surface area contributed by atoms with Crippen LogP contribution in [0.5, 0.6) is 5.75 Å². The number of hydrogen-bond donors (Lipinski definition) is 1. The van der Waals surface area contributed by atoms with Crippen molar-refractivity contribution in [1.29, 1.82) is 0 Å². The largest absolute Gasteiger partial charge is 0.492 e. The van der Waals surface area contributed by atoms with Gasteiger partial charge in [-0.25, -0.2) is 0 Å². The average Bonchev–Trinajstić information content (AvgIpc) is 3.37. The van der Waals surface area contributed by atoms with Crippen LogP contribution in [-0.2, 0) is 4.74 Å². The zero-order chi connectivity index (χ0) is 16.5. The Morgan fingerprint density at radius 3 is 2.62 bits per heavy atom. The SMILES string of the molecule is CN=C(NCCOCC1CC1)N(C)CCOc1ccc(Cl)cc1.I. The quantitative estimate of drug-likeness (QED) is 0.262. The average molecular weight is 468 g/mol. The molecule has 0 atom stereocenters. The molecule has 0 radical (unpaired) electrons. The van der Waals surface area contributed by atoms with Crippen molar-refractivity contribution in [3.05, 3.63) is 29.3 Å². The smallest absolute Gasteiger partial charge is 0.193 e. The lowest BCUT2D eigenvalue weighted by Crippen LogP contribution is -2.42. The van der Waals surface area contributed by atoms with Gasteiger partial charge in [0.2, 0.25) is 0 Å². The van der Waals surface area contributed by atoms with Crippen LogP contribution in [0.25, 0.3) is 0 Å². The molecule has 0 bridgehead atoms. The Kier molecular flexibility index (Phi) is 10.4. The fourth-order valence-corrected chi connectivity index (χ4v) is 2.22. The molecule has 24 heavy (non-hydrogen) atoms. The van der Waals surface area contributed by atoms with Crippen molar-refractivity contribution in [2.45, 2.75) is 12.8 Å². The summed E-state index contributed by atoms with van der Waals surface area (Å²) in [5.41, 5.74) is 0. The molecule has 2 rings (SSSR count). The number of guanidine groups is 1. The van der Waals surface area contributed by atoms with Crippen molar-refractivity contribution in [2.75, 3.05) is 47.0 Å². The first-order valence-electron chi connectivity index (χ1n) is 8.07. The third-order valence-corrected chi connectivity index (χ3v) is 3.91. The van der Waals surface area contributed by atoms with E-state index in [4.69, 9.17) is 21.1 Å². The molecule has 1 fully saturated rings. The third kappa shape index (κ3) is 8.39. The second-order valence-electron chi connectivity index (χ2n) is 5.72. The monoisotopic (exact) mass is 467 g/mol. The number of likely N-dealkylation sites (N-methyl/N-ethyl adjacent to an activating group) is 1. The molecule has 0 aromatic heterocycles. The summed E-state index contributed by atoms with van der Waals surface area (Å²) in [6.07, 6.45) is 2.65. The summed E-state index contributed by atoms with van der Waals surface area (Å²) in [6, 6.07) is 7.38. The van der Waals surface area contributed by atoms with Gasteiger partial charge in [-0.2, -0.15) is 0 Å². The highest BCUT2D eigenvalue weighted by Crippen LogP contribution is 2.28. The van der Waals surface area contributed by atoms with E-state index in [9.17, 15) is 0 Å². The van der Waals surface area contributed by atoms with Crippen LogP contribution in [0.15, 0.2) is 29.3 Å². The Bertz CT molecular complexity index is 495. The number of halogens is 2. The molecule has 0 aliphatic heterocycles. The van der Waals surface area contributed by atoms with E-state index in [1.807, 2.05) is 36.2 Å². The molecular weight excluding hydrogens is 441 g/mol. The normalized spacial score (nSPS) is 14.0. The van der Waals surface area contributed by atoms with Gasteiger partial charge in [0.1, 0.15) is 12.4 Å². The van der Waals surface area contributed by atoms with E-state index in [1.165, 1.54) is 12.8 Å². The van der Waals surface area contributed by atoms with Gasteiger partial charge in [0.05, 0.1) is 13.2 Å². The predicted molar refractivity (Wildman–Crippen MR) is 110 cm³/mol. The number of hydrogen-bond acceptors (Lipinski definition) is 3. The van der Waals surface area contributed by atoms with Gasteiger partial charge in [-0.1, -0.05) is 11.6 Å². The van der Waals surface area contributed by atoms with Crippen LogP contribution in [0.2, 0.25) is 5.02 Å². The van der Waals surface area contributed by atoms with Crippen LogP contribution in [0.4, 0.5) is 0 Å². The Labute approximate surface area is 166 Å². The first kappa shape index (κ1) is 21.3. The third-order valence-electron chi connectivity index (χ3n) is 3.66. The van der Waals surface area contributed by atoms with E-state index in [2.05, 4.69) is 10.3 Å². The van der Waals surface area contributed by atoms with E-state index >= 15 is 0 Å². The molecule has 1 aliphatic carbocycles. The number of benzene rings is 1. The molecule has 1 saturated carbocycles. The minimum atomic E-state index is 0. The van der Waals surface area contributed by atoms with E-state index in [0.29, 0.717) is 18.2 Å². The Hall–Kier alpha value is -0.730. The van der Waals surface area contributed by atoms with Gasteiger partial charge in [-0.15, -0.1) is 24.0 Å². The van der Waals surface area contributed by atoms with Crippen molar-refractivity contribution in [3.8, 4) is 5.75 Å². The predicted octanol–water partition coefficient (Wildman–Crippen LogP) is 3.27. The highest BCUT2D eigenvalue weighted by Gasteiger charge is 2.20. The number of aliphatic imine (C=N–C) groups is 1. The number of nitrogens with one attached hydrogen (secondary N) is 1. The Morgan fingerprint density at radius 1 is 1.29 bits per heavy atom. The van der Waals surface area contributed by atoms with Crippen molar-refractivity contribution >= 4 is 41.5 Å². The molecule has 1 aromatic carbocycles. The minimum absolute atomic E-state index is 0. The van der Waals surface area contributed by atoms with E-state index in [-0.39, 0.29) is 24.0 Å². The lowest BCUT2D eigenvalue weighted by atomic mass is 10.3. The Morgan fingerprint density at radius 2 is 2.00 bits per heavy atom. The van der Waals surface area contributed by atoms with Gasteiger partial charge in [0, 0.05) is 32.3 Å². The zero-order valence-electron chi connectivity index (χ0n) is 14.3. The van der Waals surface area contributed by atoms with Crippen LogP contribution in [0.1, 0.15) is 12.8 Å². The molecule has 1 aliphatic rings. The summed E-state index contributed by atoms with van der Waals surface area (Å²) < 4.78 is 11.3. The summed E-state index contributed by atoms with van der Waals surface area (Å²) in [7, 11) is 3.77. The Balaban J connectivity index is 0.00000288. The maximum Gasteiger partial charge on any atom is 0.193 e. The first-order chi connectivity index (χ1) is 11.2. The summed E-state index contributed by atoms with van der Waals surface area (Å²) in [5.74, 6) is 2.47. The van der Waals surface area contributed by atoms with Gasteiger partial charge >= 0.3 is 0 Å². The van der Waals surface area contributed by atoms with Crippen molar-refractivity contribution in [2.24, 2.45) is 10.9 Å². The fraction of sp³-hybridized carbons (Fsp3) is 0.588. The molecule has 0 amide bonds. The number of rotatable bonds is 9. The van der Waals surface area contributed by atoms with Crippen molar-refractivity contribution < 1.29 is 9.47 Å². The molecule has 7 heteroatoms. The van der Waals surface area contributed by atoms with Gasteiger partial charge in [-0.05, 0) is 43.0 Å². The molecule has 0 unspecified atom stereocenters. The van der Waals surface area contributed by atoms with E-state index < -0.39 is 0 Å². The maximum absolute atomic E-state index is 5.85. The molecule has 0 heterocycles. The van der Waals surface area contributed by atoms with Crippen LogP contribution >= 0.6 is 35.6 Å². The van der Waals surface area contributed by atoms with Gasteiger partial charge in [0.25, 0.3) is 0 Å². The van der Waals surface area contributed by atoms with Crippen LogP contribution in [0.3, 0.4) is 0 Å².